The molecule has 6 nitrogen and oxygen atoms in total. The molecule has 2 aromatic rings. The second-order valence-electron chi connectivity index (χ2n) is 6.87. The molecule has 0 radical (unpaired) electrons. The van der Waals surface area contributed by atoms with Gasteiger partial charge in [-0.3, -0.25) is 14.2 Å². The lowest BCUT2D eigenvalue weighted by Gasteiger charge is -2.21. The van der Waals surface area contributed by atoms with Crippen LogP contribution in [0.5, 0.6) is 0 Å². The van der Waals surface area contributed by atoms with Crippen molar-refractivity contribution in [3.63, 3.8) is 0 Å². The molecule has 24 heavy (non-hydrogen) atoms. The smallest absolute Gasteiger partial charge is 0.269 e. The van der Waals surface area contributed by atoms with Gasteiger partial charge in [0.05, 0.1) is 5.69 Å². The van der Waals surface area contributed by atoms with E-state index in [1.54, 1.807) is 10.9 Å². The average Bonchev–Trinajstić information content (AvgIpc) is 3.13. The molecular formula is C18H29N5O. The first kappa shape index (κ1) is 18.2. The number of rotatable bonds is 7. The Hall–Kier alpha value is -2.11. The van der Waals surface area contributed by atoms with E-state index in [9.17, 15) is 4.79 Å². The fraction of sp³-hybridized carbons (Fsp3) is 0.611. The lowest BCUT2D eigenvalue weighted by molar-refractivity contribution is 0.0938. The maximum Gasteiger partial charge on any atom is 0.269 e. The fourth-order valence-electron chi connectivity index (χ4n) is 2.87. The van der Waals surface area contributed by atoms with Crippen molar-refractivity contribution in [2.75, 3.05) is 6.54 Å². The van der Waals surface area contributed by atoms with Gasteiger partial charge in [-0.05, 0) is 30.9 Å². The fourth-order valence-corrected chi connectivity index (χ4v) is 2.87. The number of carbonyl (C=O) groups excluding carboxylic acids is 1. The summed E-state index contributed by atoms with van der Waals surface area (Å²) in [5.41, 5.74) is 2.72. The Labute approximate surface area is 144 Å². The van der Waals surface area contributed by atoms with Crippen LogP contribution in [0.2, 0.25) is 0 Å². The maximum absolute atomic E-state index is 12.6. The molecule has 2 heterocycles. The summed E-state index contributed by atoms with van der Waals surface area (Å²) in [6.45, 7) is 11.8. The Kier molecular flexibility index (Phi) is 5.80. The van der Waals surface area contributed by atoms with Gasteiger partial charge >= 0.3 is 0 Å². The topological polar surface area (TPSA) is 64.7 Å². The number of hydrogen-bond acceptors (Lipinski definition) is 3. The van der Waals surface area contributed by atoms with Gasteiger partial charge in [0.25, 0.3) is 5.91 Å². The predicted molar refractivity (Wildman–Crippen MR) is 95.1 cm³/mol. The summed E-state index contributed by atoms with van der Waals surface area (Å²) in [4.78, 5) is 12.6. The summed E-state index contributed by atoms with van der Waals surface area (Å²) in [6, 6.07) is 3.92. The van der Waals surface area contributed by atoms with E-state index in [0.29, 0.717) is 30.6 Å². The zero-order chi connectivity index (χ0) is 17.9. The highest BCUT2D eigenvalue weighted by Gasteiger charge is 2.22. The highest BCUT2D eigenvalue weighted by atomic mass is 16.2. The first-order valence-electron chi connectivity index (χ1n) is 8.68. The van der Waals surface area contributed by atoms with E-state index < -0.39 is 0 Å². The molecule has 6 heteroatoms. The van der Waals surface area contributed by atoms with E-state index >= 15 is 0 Å². The van der Waals surface area contributed by atoms with Gasteiger partial charge < -0.3 is 5.32 Å². The van der Waals surface area contributed by atoms with Crippen molar-refractivity contribution in [3.8, 4) is 0 Å². The van der Waals surface area contributed by atoms with Crippen LogP contribution >= 0.6 is 0 Å². The van der Waals surface area contributed by atoms with Crippen LogP contribution in [0.15, 0.2) is 18.3 Å². The average molecular weight is 331 g/mol. The number of aromatic nitrogens is 4. The van der Waals surface area contributed by atoms with E-state index in [-0.39, 0.29) is 11.8 Å². The Morgan fingerprint density at radius 3 is 2.50 bits per heavy atom. The van der Waals surface area contributed by atoms with Crippen LogP contribution in [0.4, 0.5) is 0 Å². The van der Waals surface area contributed by atoms with Crippen LogP contribution in [0.25, 0.3) is 0 Å². The Morgan fingerprint density at radius 1 is 1.29 bits per heavy atom. The number of carbonyl (C=O) groups is 1. The SMILES string of the molecule is CCn1nc(C(C)C)cc1C(=O)NC[C@H](c1ccnn1C)C(C)C. The molecule has 0 saturated carbocycles. The van der Waals surface area contributed by atoms with Gasteiger partial charge in [0.2, 0.25) is 0 Å². The summed E-state index contributed by atoms with van der Waals surface area (Å²) in [5, 5.41) is 11.8. The van der Waals surface area contributed by atoms with Crippen molar-refractivity contribution < 1.29 is 4.79 Å². The highest BCUT2D eigenvalue weighted by Crippen LogP contribution is 2.23. The molecule has 0 fully saturated rings. The lowest BCUT2D eigenvalue weighted by Crippen LogP contribution is -2.32. The van der Waals surface area contributed by atoms with Crippen LogP contribution < -0.4 is 5.32 Å². The van der Waals surface area contributed by atoms with Crippen LogP contribution in [0.3, 0.4) is 0 Å². The van der Waals surface area contributed by atoms with E-state index in [2.05, 4.69) is 43.2 Å². The summed E-state index contributed by atoms with van der Waals surface area (Å²) >= 11 is 0. The van der Waals surface area contributed by atoms with Crippen LogP contribution in [-0.4, -0.2) is 32.0 Å². The first-order valence-corrected chi connectivity index (χ1v) is 8.68. The number of hydrogen-bond donors (Lipinski definition) is 1. The third kappa shape index (κ3) is 3.86. The third-order valence-electron chi connectivity index (χ3n) is 4.45. The van der Waals surface area contributed by atoms with Crippen LogP contribution in [0.1, 0.15) is 68.3 Å². The van der Waals surface area contributed by atoms with Crippen LogP contribution in [-0.2, 0) is 13.6 Å². The largest absolute Gasteiger partial charge is 0.350 e. The van der Waals surface area contributed by atoms with Gasteiger partial charge in [-0.25, -0.2) is 0 Å². The van der Waals surface area contributed by atoms with Gasteiger partial charge in [0, 0.05) is 37.9 Å². The number of nitrogens with zero attached hydrogens (tertiary/aromatic N) is 4. The van der Waals surface area contributed by atoms with Crippen molar-refractivity contribution >= 4 is 5.91 Å². The van der Waals surface area contributed by atoms with Crippen molar-refractivity contribution in [1.29, 1.82) is 0 Å². The molecular weight excluding hydrogens is 302 g/mol. The van der Waals surface area contributed by atoms with E-state index in [0.717, 1.165) is 11.4 Å². The molecule has 1 amide bonds. The molecule has 2 rings (SSSR count). The summed E-state index contributed by atoms with van der Waals surface area (Å²) in [6.07, 6.45) is 1.80. The van der Waals surface area contributed by atoms with Gasteiger partial charge in [-0.1, -0.05) is 27.7 Å². The molecule has 1 atom stereocenters. The minimum atomic E-state index is -0.0657. The molecule has 0 aliphatic heterocycles. The molecule has 0 saturated heterocycles. The van der Waals surface area contributed by atoms with Gasteiger partial charge in [0.15, 0.2) is 0 Å². The second kappa shape index (κ2) is 7.64. The summed E-state index contributed by atoms with van der Waals surface area (Å²) < 4.78 is 3.66. The minimum Gasteiger partial charge on any atom is -0.350 e. The molecule has 0 spiro atoms. The normalized spacial score (nSPS) is 12.8. The Bertz CT molecular complexity index is 683. The highest BCUT2D eigenvalue weighted by molar-refractivity contribution is 5.92. The minimum absolute atomic E-state index is 0.0657. The maximum atomic E-state index is 12.6. The van der Waals surface area contributed by atoms with Gasteiger partial charge in [-0.15, -0.1) is 0 Å². The van der Waals surface area contributed by atoms with E-state index in [1.807, 2.05) is 30.8 Å². The molecule has 0 aromatic carbocycles. The monoisotopic (exact) mass is 331 g/mol. The quantitative estimate of drug-likeness (QED) is 0.848. The zero-order valence-corrected chi connectivity index (χ0v) is 15.6. The molecule has 132 valence electrons. The van der Waals surface area contributed by atoms with Crippen molar-refractivity contribution in [3.05, 3.63) is 35.4 Å². The summed E-state index contributed by atoms with van der Waals surface area (Å²) in [5.74, 6) is 0.873. The predicted octanol–water partition coefficient (Wildman–Crippen LogP) is 2.93. The molecule has 0 unspecified atom stereocenters. The van der Waals surface area contributed by atoms with Crippen molar-refractivity contribution in [1.82, 2.24) is 24.9 Å². The van der Waals surface area contributed by atoms with Gasteiger partial charge in [0.1, 0.15) is 5.69 Å². The molecule has 0 bridgehead atoms. The van der Waals surface area contributed by atoms with Crippen molar-refractivity contribution in [2.24, 2.45) is 13.0 Å². The van der Waals surface area contributed by atoms with E-state index in [1.165, 1.54) is 0 Å². The molecule has 0 aliphatic rings. The lowest BCUT2D eigenvalue weighted by atomic mass is 9.92. The molecule has 0 aliphatic carbocycles. The van der Waals surface area contributed by atoms with Crippen LogP contribution in [0, 0.1) is 5.92 Å². The number of nitrogens with one attached hydrogen (secondary N) is 1. The Morgan fingerprint density at radius 2 is 2.00 bits per heavy atom. The number of amides is 1. The number of aryl methyl sites for hydroxylation is 2. The summed E-state index contributed by atoms with van der Waals surface area (Å²) in [7, 11) is 1.94. The zero-order valence-electron chi connectivity index (χ0n) is 15.6. The Balaban J connectivity index is 2.13. The first-order chi connectivity index (χ1) is 11.3. The molecule has 1 N–H and O–H groups in total. The standard InChI is InChI=1S/C18H29N5O/c1-7-23-17(10-15(21-23)13(4)5)18(24)19-11-14(12(2)3)16-8-9-20-22(16)6/h8-10,12-14H,7,11H2,1-6H3,(H,19,24)/t14-/m0/s1. The van der Waals surface area contributed by atoms with Gasteiger partial charge in [-0.2, -0.15) is 10.2 Å². The molecule has 2 aromatic heterocycles. The van der Waals surface area contributed by atoms with E-state index in [4.69, 9.17) is 0 Å². The third-order valence-corrected chi connectivity index (χ3v) is 4.45. The second-order valence-corrected chi connectivity index (χ2v) is 6.87. The van der Waals surface area contributed by atoms with Crippen molar-refractivity contribution in [2.45, 2.75) is 53.0 Å².